The fourth-order valence-corrected chi connectivity index (χ4v) is 1.32. The summed E-state index contributed by atoms with van der Waals surface area (Å²) in [6.07, 6.45) is -0.403. The molecular weight excluding hydrogens is 210 g/mol. The molecule has 0 saturated carbocycles. The van der Waals surface area contributed by atoms with Crippen LogP contribution in [0.25, 0.3) is 0 Å². The molecule has 0 aliphatic heterocycles. The summed E-state index contributed by atoms with van der Waals surface area (Å²) in [5.74, 6) is 0. The van der Waals surface area contributed by atoms with Gasteiger partial charge in [-0.05, 0) is 32.4 Å². The van der Waals surface area contributed by atoms with E-state index in [0.717, 1.165) is 10.6 Å². The Morgan fingerprint density at radius 1 is 1.40 bits per heavy atom. The van der Waals surface area contributed by atoms with Crippen molar-refractivity contribution >= 4 is 11.6 Å². The van der Waals surface area contributed by atoms with Crippen molar-refractivity contribution in [1.82, 2.24) is 5.32 Å². The third kappa shape index (κ3) is 3.49. The molecular formula is C12H18ClNO. The maximum absolute atomic E-state index is 9.53. The Balaban J connectivity index is 2.62. The third-order valence-corrected chi connectivity index (χ3v) is 3.11. The van der Waals surface area contributed by atoms with Crippen LogP contribution in [0, 0.1) is 0 Å². The average Bonchev–Trinajstić information content (AvgIpc) is 2.16. The molecule has 0 heterocycles. The second-order valence-corrected chi connectivity index (χ2v) is 4.75. The van der Waals surface area contributed by atoms with Crippen molar-refractivity contribution in [3.05, 3.63) is 34.9 Å². The van der Waals surface area contributed by atoms with Crippen LogP contribution in [0.5, 0.6) is 0 Å². The minimum absolute atomic E-state index is 0.306. The molecule has 84 valence electrons. The number of nitrogens with one attached hydrogen (secondary N) is 1. The van der Waals surface area contributed by atoms with E-state index in [4.69, 9.17) is 11.6 Å². The highest BCUT2D eigenvalue weighted by atomic mass is 35.5. The monoisotopic (exact) mass is 227 g/mol. The number of halogens is 1. The van der Waals surface area contributed by atoms with Crippen LogP contribution in [-0.4, -0.2) is 16.7 Å². The van der Waals surface area contributed by atoms with Crippen molar-refractivity contribution in [2.24, 2.45) is 0 Å². The first kappa shape index (κ1) is 12.5. The highest BCUT2D eigenvalue weighted by Crippen LogP contribution is 2.16. The van der Waals surface area contributed by atoms with E-state index < -0.39 is 6.10 Å². The second kappa shape index (κ2) is 4.97. The molecule has 0 radical (unpaired) electrons. The lowest BCUT2D eigenvalue weighted by atomic mass is 9.98. The van der Waals surface area contributed by atoms with Crippen LogP contribution in [-0.2, 0) is 6.54 Å². The first-order valence-corrected chi connectivity index (χ1v) is 5.48. The molecule has 1 unspecified atom stereocenters. The normalized spacial score (nSPS) is 13.9. The molecule has 15 heavy (non-hydrogen) atoms. The predicted molar refractivity (Wildman–Crippen MR) is 64.1 cm³/mol. The van der Waals surface area contributed by atoms with Crippen molar-refractivity contribution in [3.63, 3.8) is 0 Å². The average molecular weight is 228 g/mol. The quantitative estimate of drug-likeness (QED) is 0.829. The molecule has 0 fully saturated rings. The smallest absolute Gasteiger partial charge is 0.0688 e. The van der Waals surface area contributed by atoms with Gasteiger partial charge in [0.05, 0.1) is 6.10 Å². The molecule has 1 aromatic carbocycles. The van der Waals surface area contributed by atoms with Crippen LogP contribution < -0.4 is 5.32 Å². The summed E-state index contributed by atoms with van der Waals surface area (Å²) < 4.78 is 0. The molecule has 3 heteroatoms. The summed E-state index contributed by atoms with van der Waals surface area (Å²) in [7, 11) is 0. The molecule has 0 aliphatic rings. The van der Waals surface area contributed by atoms with Crippen molar-refractivity contribution in [1.29, 1.82) is 0 Å². The first-order chi connectivity index (χ1) is 6.93. The number of hydrogen-bond acceptors (Lipinski definition) is 2. The van der Waals surface area contributed by atoms with E-state index in [-0.39, 0.29) is 5.54 Å². The first-order valence-electron chi connectivity index (χ1n) is 5.10. The van der Waals surface area contributed by atoms with Gasteiger partial charge in [0.15, 0.2) is 0 Å². The van der Waals surface area contributed by atoms with E-state index >= 15 is 0 Å². The van der Waals surface area contributed by atoms with Crippen LogP contribution in [0.2, 0.25) is 5.02 Å². The summed E-state index contributed by atoms with van der Waals surface area (Å²) >= 11 is 6.03. The van der Waals surface area contributed by atoms with E-state index in [2.05, 4.69) is 5.32 Å². The van der Waals surface area contributed by atoms with Crippen molar-refractivity contribution in [3.8, 4) is 0 Å². The SMILES string of the molecule is CC(O)C(C)(C)NCc1ccccc1Cl. The van der Waals surface area contributed by atoms with E-state index in [1.807, 2.05) is 38.1 Å². The zero-order chi connectivity index (χ0) is 11.5. The fraction of sp³-hybridized carbons (Fsp3) is 0.500. The van der Waals surface area contributed by atoms with Gasteiger partial charge in [-0.1, -0.05) is 29.8 Å². The van der Waals surface area contributed by atoms with Gasteiger partial charge in [-0.2, -0.15) is 0 Å². The van der Waals surface area contributed by atoms with Crippen LogP contribution >= 0.6 is 11.6 Å². The number of rotatable bonds is 4. The minimum atomic E-state index is -0.403. The number of benzene rings is 1. The maximum atomic E-state index is 9.53. The van der Waals surface area contributed by atoms with Gasteiger partial charge in [0.25, 0.3) is 0 Å². The Morgan fingerprint density at radius 2 is 2.00 bits per heavy atom. The molecule has 0 aromatic heterocycles. The molecule has 0 spiro atoms. The Hall–Kier alpha value is -0.570. The van der Waals surface area contributed by atoms with Crippen molar-refractivity contribution in [2.75, 3.05) is 0 Å². The van der Waals surface area contributed by atoms with E-state index in [1.165, 1.54) is 0 Å². The van der Waals surface area contributed by atoms with Crippen molar-refractivity contribution in [2.45, 2.75) is 39.0 Å². The Labute approximate surface area is 96.3 Å². The number of aliphatic hydroxyl groups excluding tert-OH is 1. The molecule has 0 bridgehead atoms. The maximum Gasteiger partial charge on any atom is 0.0688 e. The van der Waals surface area contributed by atoms with Gasteiger partial charge in [-0.25, -0.2) is 0 Å². The summed E-state index contributed by atoms with van der Waals surface area (Å²) in [4.78, 5) is 0. The Bertz CT molecular complexity index is 323. The van der Waals surface area contributed by atoms with Crippen LogP contribution in [0.3, 0.4) is 0 Å². The van der Waals surface area contributed by atoms with Gasteiger partial charge in [0.2, 0.25) is 0 Å². The lowest BCUT2D eigenvalue weighted by Crippen LogP contribution is -2.47. The minimum Gasteiger partial charge on any atom is -0.392 e. The standard InChI is InChI=1S/C12H18ClNO/c1-9(15)12(2,3)14-8-10-6-4-5-7-11(10)13/h4-7,9,14-15H,8H2,1-3H3. The van der Waals surface area contributed by atoms with Gasteiger partial charge in [-0.3, -0.25) is 0 Å². The number of hydrogen-bond donors (Lipinski definition) is 2. The zero-order valence-electron chi connectivity index (χ0n) is 9.42. The van der Waals surface area contributed by atoms with Crippen LogP contribution in [0.4, 0.5) is 0 Å². The lowest BCUT2D eigenvalue weighted by Gasteiger charge is -2.29. The molecule has 1 rings (SSSR count). The molecule has 1 aromatic rings. The summed E-state index contributed by atoms with van der Waals surface area (Å²) in [5.41, 5.74) is 0.743. The Morgan fingerprint density at radius 3 is 2.53 bits per heavy atom. The Kier molecular flexibility index (Phi) is 4.14. The van der Waals surface area contributed by atoms with E-state index in [1.54, 1.807) is 6.92 Å². The molecule has 1 atom stereocenters. The summed E-state index contributed by atoms with van der Waals surface area (Å²) in [5, 5.41) is 13.6. The van der Waals surface area contributed by atoms with E-state index in [0.29, 0.717) is 6.54 Å². The summed E-state index contributed by atoms with van der Waals surface area (Å²) in [6.45, 7) is 6.38. The highest BCUT2D eigenvalue weighted by Gasteiger charge is 2.22. The van der Waals surface area contributed by atoms with Gasteiger partial charge in [0, 0.05) is 17.1 Å². The van der Waals surface area contributed by atoms with Crippen LogP contribution in [0.15, 0.2) is 24.3 Å². The molecule has 0 amide bonds. The fourth-order valence-electron chi connectivity index (χ4n) is 1.11. The highest BCUT2D eigenvalue weighted by molar-refractivity contribution is 6.31. The molecule has 0 aliphatic carbocycles. The lowest BCUT2D eigenvalue weighted by molar-refractivity contribution is 0.0956. The topological polar surface area (TPSA) is 32.3 Å². The molecule has 0 saturated heterocycles. The van der Waals surface area contributed by atoms with Crippen molar-refractivity contribution < 1.29 is 5.11 Å². The second-order valence-electron chi connectivity index (χ2n) is 4.34. The third-order valence-electron chi connectivity index (χ3n) is 2.74. The molecule has 2 N–H and O–H groups in total. The van der Waals surface area contributed by atoms with Gasteiger partial charge in [0.1, 0.15) is 0 Å². The zero-order valence-corrected chi connectivity index (χ0v) is 10.2. The molecule has 2 nitrogen and oxygen atoms in total. The van der Waals surface area contributed by atoms with Gasteiger partial charge >= 0.3 is 0 Å². The summed E-state index contributed by atoms with van der Waals surface area (Å²) in [6, 6.07) is 7.71. The van der Waals surface area contributed by atoms with Gasteiger partial charge in [-0.15, -0.1) is 0 Å². The van der Waals surface area contributed by atoms with Crippen LogP contribution in [0.1, 0.15) is 26.3 Å². The predicted octanol–water partition coefficient (Wildman–Crippen LogP) is 2.59. The number of aliphatic hydroxyl groups is 1. The van der Waals surface area contributed by atoms with E-state index in [9.17, 15) is 5.11 Å². The largest absolute Gasteiger partial charge is 0.392 e. The van der Waals surface area contributed by atoms with Gasteiger partial charge < -0.3 is 10.4 Å².